The summed E-state index contributed by atoms with van der Waals surface area (Å²) in [5, 5.41) is 9.71. The van der Waals surface area contributed by atoms with Crippen LogP contribution < -0.4 is 5.56 Å². The number of rotatable bonds is 3. The second-order valence-electron chi connectivity index (χ2n) is 5.86. The van der Waals surface area contributed by atoms with E-state index in [1.807, 2.05) is 18.2 Å². The molecular weight excluding hydrogens is 296 g/mol. The largest absolute Gasteiger partial charge is 0.481 e. The van der Waals surface area contributed by atoms with E-state index in [0.29, 0.717) is 29.4 Å². The third-order valence-electron chi connectivity index (χ3n) is 4.43. The van der Waals surface area contributed by atoms with Gasteiger partial charge < -0.3 is 14.6 Å². The van der Waals surface area contributed by atoms with Crippen molar-refractivity contribution in [1.29, 1.82) is 0 Å². The van der Waals surface area contributed by atoms with Gasteiger partial charge in [0.25, 0.3) is 11.5 Å². The molecule has 1 aromatic carbocycles. The van der Waals surface area contributed by atoms with Crippen LogP contribution in [0.15, 0.2) is 35.1 Å². The zero-order chi connectivity index (χ0) is 16.6. The molecule has 6 heteroatoms. The molecule has 120 valence electrons. The predicted octanol–water partition coefficient (Wildman–Crippen LogP) is 1.62. The van der Waals surface area contributed by atoms with Crippen LogP contribution in [0.25, 0.3) is 10.9 Å². The Labute approximate surface area is 132 Å². The van der Waals surface area contributed by atoms with Gasteiger partial charge >= 0.3 is 5.97 Å². The number of para-hydroxylation sites is 1. The number of carbonyl (C=O) groups excluding carboxylic acids is 1. The number of likely N-dealkylation sites (tertiary alicyclic amines) is 1. The number of hydrogen-bond acceptors (Lipinski definition) is 3. The Balaban J connectivity index is 2.06. The van der Waals surface area contributed by atoms with Crippen LogP contribution in [0.1, 0.15) is 29.6 Å². The van der Waals surface area contributed by atoms with E-state index in [0.717, 1.165) is 6.42 Å². The highest BCUT2D eigenvalue weighted by Crippen LogP contribution is 2.25. The highest BCUT2D eigenvalue weighted by Gasteiger charge is 2.32. The lowest BCUT2D eigenvalue weighted by Crippen LogP contribution is -2.37. The number of carbonyl (C=O) groups is 2. The summed E-state index contributed by atoms with van der Waals surface area (Å²) >= 11 is 0. The number of aryl methyl sites for hydroxylation is 1. The van der Waals surface area contributed by atoms with E-state index >= 15 is 0 Å². The van der Waals surface area contributed by atoms with E-state index in [9.17, 15) is 14.4 Å². The number of benzene rings is 1. The molecule has 1 aliphatic heterocycles. The summed E-state index contributed by atoms with van der Waals surface area (Å²) in [6.45, 7) is 0.528. The number of nitrogens with zero attached hydrogens (tertiary/aromatic N) is 2. The van der Waals surface area contributed by atoms with Crippen LogP contribution >= 0.6 is 0 Å². The molecule has 1 unspecified atom stereocenters. The molecule has 1 aromatic heterocycles. The molecule has 0 aliphatic carbocycles. The van der Waals surface area contributed by atoms with Crippen molar-refractivity contribution in [1.82, 2.24) is 9.47 Å². The monoisotopic (exact) mass is 314 g/mol. The number of aliphatic carboxylic acids is 1. The van der Waals surface area contributed by atoms with E-state index in [4.69, 9.17) is 5.11 Å². The zero-order valence-corrected chi connectivity index (χ0v) is 12.9. The molecule has 2 aromatic rings. The first-order valence-electron chi connectivity index (χ1n) is 7.60. The zero-order valence-electron chi connectivity index (χ0n) is 12.9. The standard InChI is InChI=1S/C17H18N2O4/c1-18-14-7-3-2-6-12(14)13(10-15(18)20)17(23)19-8-4-5-11(19)9-16(21)22/h2-3,6-7,10-11H,4-5,8-9H2,1H3,(H,21,22). The molecule has 0 spiro atoms. The molecule has 2 heterocycles. The molecule has 1 fully saturated rings. The average Bonchev–Trinajstić information content (AvgIpc) is 2.97. The van der Waals surface area contributed by atoms with Gasteiger partial charge in [-0.15, -0.1) is 0 Å². The molecule has 1 amide bonds. The third kappa shape index (κ3) is 2.72. The van der Waals surface area contributed by atoms with E-state index in [1.165, 1.54) is 10.6 Å². The molecule has 1 aliphatic rings. The molecule has 0 saturated carbocycles. The van der Waals surface area contributed by atoms with Crippen LogP contribution in [0, 0.1) is 0 Å². The fourth-order valence-electron chi connectivity index (χ4n) is 3.26. The van der Waals surface area contributed by atoms with Gasteiger partial charge in [0.05, 0.1) is 17.5 Å². The summed E-state index contributed by atoms with van der Waals surface area (Å²) in [7, 11) is 1.67. The van der Waals surface area contributed by atoms with Crippen molar-refractivity contribution in [2.24, 2.45) is 7.05 Å². The molecule has 6 nitrogen and oxygen atoms in total. The van der Waals surface area contributed by atoms with Gasteiger partial charge in [0.15, 0.2) is 0 Å². The molecule has 1 atom stereocenters. The average molecular weight is 314 g/mol. The van der Waals surface area contributed by atoms with E-state index in [2.05, 4.69) is 0 Å². The number of carboxylic acids is 1. The molecule has 1 N–H and O–H groups in total. The van der Waals surface area contributed by atoms with Crippen LogP contribution in [-0.4, -0.2) is 39.0 Å². The van der Waals surface area contributed by atoms with Gasteiger partial charge in [-0.2, -0.15) is 0 Å². The highest BCUT2D eigenvalue weighted by molar-refractivity contribution is 6.06. The van der Waals surface area contributed by atoms with Gasteiger partial charge in [-0.25, -0.2) is 0 Å². The Morgan fingerprint density at radius 2 is 2.04 bits per heavy atom. The van der Waals surface area contributed by atoms with Crippen LogP contribution in [0.4, 0.5) is 0 Å². The first-order chi connectivity index (χ1) is 11.0. The Kier molecular flexibility index (Phi) is 3.90. The fourth-order valence-corrected chi connectivity index (χ4v) is 3.26. The topological polar surface area (TPSA) is 79.6 Å². The lowest BCUT2D eigenvalue weighted by molar-refractivity contribution is -0.137. The second-order valence-corrected chi connectivity index (χ2v) is 5.86. The molecule has 0 radical (unpaired) electrons. The minimum absolute atomic E-state index is 0.0610. The number of carboxylic acid groups (broad SMARTS) is 1. The number of aromatic nitrogens is 1. The van der Waals surface area contributed by atoms with Crippen LogP contribution in [0.5, 0.6) is 0 Å². The van der Waals surface area contributed by atoms with Crippen molar-refractivity contribution < 1.29 is 14.7 Å². The normalized spacial score (nSPS) is 17.6. The van der Waals surface area contributed by atoms with E-state index in [1.54, 1.807) is 18.0 Å². The molecule has 3 rings (SSSR count). The summed E-state index contributed by atoms with van der Waals surface area (Å²) in [5.74, 6) is -1.17. The third-order valence-corrected chi connectivity index (χ3v) is 4.43. The summed E-state index contributed by atoms with van der Waals surface area (Å²) in [6, 6.07) is 8.29. The smallest absolute Gasteiger partial charge is 0.305 e. The van der Waals surface area contributed by atoms with Crippen molar-refractivity contribution in [3.8, 4) is 0 Å². The Morgan fingerprint density at radius 1 is 1.30 bits per heavy atom. The molecular formula is C17H18N2O4. The van der Waals surface area contributed by atoms with Crippen molar-refractivity contribution in [2.45, 2.75) is 25.3 Å². The number of pyridine rings is 1. The summed E-state index contributed by atoms with van der Waals surface area (Å²) in [6.07, 6.45) is 1.40. The quantitative estimate of drug-likeness (QED) is 0.933. The van der Waals surface area contributed by atoms with Crippen molar-refractivity contribution in [3.63, 3.8) is 0 Å². The SMILES string of the molecule is Cn1c(=O)cc(C(=O)N2CCCC2CC(=O)O)c2ccccc21. The minimum Gasteiger partial charge on any atom is -0.481 e. The Hall–Kier alpha value is -2.63. The van der Waals surface area contributed by atoms with Gasteiger partial charge in [0.1, 0.15) is 0 Å². The van der Waals surface area contributed by atoms with E-state index < -0.39 is 5.97 Å². The van der Waals surface area contributed by atoms with Gasteiger partial charge in [-0.05, 0) is 18.9 Å². The summed E-state index contributed by atoms with van der Waals surface area (Å²) in [4.78, 5) is 37.6. The number of fused-ring (bicyclic) bond motifs is 1. The molecule has 0 bridgehead atoms. The maximum atomic E-state index is 12.9. The van der Waals surface area contributed by atoms with Crippen molar-refractivity contribution in [2.75, 3.05) is 6.54 Å². The van der Waals surface area contributed by atoms with Crippen LogP contribution in [-0.2, 0) is 11.8 Å². The first kappa shape index (κ1) is 15.3. The number of amides is 1. The van der Waals surface area contributed by atoms with Crippen molar-refractivity contribution >= 4 is 22.8 Å². The van der Waals surface area contributed by atoms with E-state index in [-0.39, 0.29) is 23.9 Å². The van der Waals surface area contributed by atoms with Crippen LogP contribution in [0.2, 0.25) is 0 Å². The Bertz CT molecular complexity index is 840. The van der Waals surface area contributed by atoms with Gasteiger partial charge in [-0.1, -0.05) is 18.2 Å². The number of hydrogen-bond donors (Lipinski definition) is 1. The van der Waals surface area contributed by atoms with Gasteiger partial charge in [0.2, 0.25) is 0 Å². The highest BCUT2D eigenvalue weighted by atomic mass is 16.4. The summed E-state index contributed by atoms with van der Waals surface area (Å²) in [5.41, 5.74) is 0.791. The molecule has 1 saturated heterocycles. The summed E-state index contributed by atoms with van der Waals surface area (Å²) < 4.78 is 1.50. The Morgan fingerprint density at radius 3 is 2.78 bits per heavy atom. The first-order valence-corrected chi connectivity index (χ1v) is 7.60. The van der Waals surface area contributed by atoms with Crippen LogP contribution in [0.3, 0.4) is 0 Å². The lowest BCUT2D eigenvalue weighted by atomic mass is 10.1. The fraction of sp³-hybridized carbons (Fsp3) is 0.353. The van der Waals surface area contributed by atoms with Crippen molar-refractivity contribution in [3.05, 3.63) is 46.2 Å². The lowest BCUT2D eigenvalue weighted by Gasteiger charge is -2.24. The minimum atomic E-state index is -0.913. The predicted molar refractivity (Wildman–Crippen MR) is 85.5 cm³/mol. The maximum Gasteiger partial charge on any atom is 0.305 e. The molecule has 23 heavy (non-hydrogen) atoms. The second kappa shape index (κ2) is 5.87. The van der Waals surface area contributed by atoms with Gasteiger partial charge in [-0.3, -0.25) is 14.4 Å². The maximum absolute atomic E-state index is 12.9. The van der Waals surface area contributed by atoms with Gasteiger partial charge in [0, 0.05) is 31.1 Å².